The molecule has 0 unspecified atom stereocenters. The summed E-state index contributed by atoms with van der Waals surface area (Å²) in [7, 11) is 1.77. The number of nitrogens with zero attached hydrogens (tertiary/aromatic N) is 6. The molecule has 0 aliphatic heterocycles. The number of nitrogens with one attached hydrogen (secondary N) is 2. The van der Waals surface area contributed by atoms with Crippen molar-refractivity contribution < 1.29 is 4.74 Å². The molecule has 0 aliphatic rings. The van der Waals surface area contributed by atoms with Crippen LogP contribution in [0.4, 0.5) is 11.9 Å². The third kappa shape index (κ3) is 5.80. The average Bonchev–Trinajstić information content (AvgIpc) is 3.21. The number of rotatable bonds is 10. The Morgan fingerprint density at radius 1 is 1.17 bits per heavy atom. The fourth-order valence-corrected chi connectivity index (χ4v) is 3.00. The van der Waals surface area contributed by atoms with E-state index in [9.17, 15) is 0 Å². The highest BCUT2D eigenvalue weighted by atomic mass is 32.2. The van der Waals surface area contributed by atoms with Gasteiger partial charge in [-0.3, -0.25) is 0 Å². The van der Waals surface area contributed by atoms with Gasteiger partial charge in [0.2, 0.25) is 17.1 Å². The molecule has 0 fully saturated rings. The van der Waals surface area contributed by atoms with Crippen LogP contribution < -0.4 is 15.4 Å². The number of ether oxygens (including phenoxy) is 1. The Hall–Kier alpha value is -2.88. The summed E-state index contributed by atoms with van der Waals surface area (Å²) < 4.78 is 7.36. The molecule has 0 aliphatic carbocycles. The van der Waals surface area contributed by atoms with Gasteiger partial charge < -0.3 is 15.4 Å². The number of hydrogen-bond donors (Lipinski definition) is 2. The lowest BCUT2D eigenvalue weighted by Crippen LogP contribution is -2.18. The minimum Gasteiger partial charge on any atom is -0.492 e. The van der Waals surface area contributed by atoms with E-state index in [4.69, 9.17) is 4.74 Å². The standard InChI is InChI=1S/C19H26N8OS/c1-5-14(3)22-17-23-16(20-4)24-18(25-17)27-12-21-19(26-27)29-11-10-28-15-9-7-6-8-13(15)2/h6-9,12,14H,5,10-11H2,1-4H3,(H2,20,22,23,24,25)/t14-/m0/s1. The number of hydrogen-bond acceptors (Lipinski definition) is 9. The number of para-hydroxylation sites is 1. The summed E-state index contributed by atoms with van der Waals surface area (Å²) >= 11 is 1.52. The Balaban J connectivity index is 1.61. The number of aromatic nitrogens is 6. The van der Waals surface area contributed by atoms with Crippen molar-refractivity contribution >= 4 is 23.7 Å². The maximum Gasteiger partial charge on any atom is 0.258 e. The molecular formula is C19H26N8OS. The first-order valence-corrected chi connectivity index (χ1v) is 10.5. The fourth-order valence-electron chi connectivity index (χ4n) is 2.38. The number of anilines is 2. The fraction of sp³-hybridized carbons (Fsp3) is 0.421. The molecule has 29 heavy (non-hydrogen) atoms. The van der Waals surface area contributed by atoms with Crippen molar-refractivity contribution in [1.29, 1.82) is 0 Å². The zero-order valence-electron chi connectivity index (χ0n) is 17.1. The Kier molecular flexibility index (Phi) is 7.23. The molecule has 2 aromatic heterocycles. The van der Waals surface area contributed by atoms with Crippen LogP contribution in [0.2, 0.25) is 0 Å². The van der Waals surface area contributed by atoms with Crippen LogP contribution in [0.15, 0.2) is 35.7 Å². The van der Waals surface area contributed by atoms with E-state index in [1.807, 2.05) is 31.2 Å². The van der Waals surface area contributed by atoms with Gasteiger partial charge in [-0.15, -0.1) is 5.10 Å². The molecule has 1 atom stereocenters. The highest BCUT2D eigenvalue weighted by Crippen LogP contribution is 2.18. The first-order valence-electron chi connectivity index (χ1n) is 9.52. The quantitative estimate of drug-likeness (QED) is 0.382. The average molecular weight is 415 g/mol. The molecule has 2 heterocycles. The second-order valence-electron chi connectivity index (χ2n) is 6.42. The van der Waals surface area contributed by atoms with Crippen LogP contribution in [0.25, 0.3) is 5.95 Å². The molecule has 0 amide bonds. The first-order chi connectivity index (χ1) is 14.1. The van der Waals surface area contributed by atoms with E-state index in [-0.39, 0.29) is 6.04 Å². The van der Waals surface area contributed by atoms with Crippen LogP contribution >= 0.6 is 11.8 Å². The molecule has 154 valence electrons. The molecule has 3 aromatic rings. The van der Waals surface area contributed by atoms with E-state index in [1.54, 1.807) is 18.1 Å². The number of aryl methyl sites for hydroxylation is 1. The Morgan fingerprint density at radius 3 is 2.72 bits per heavy atom. The summed E-state index contributed by atoms with van der Waals surface area (Å²) in [6.45, 7) is 6.78. The van der Waals surface area contributed by atoms with Crippen molar-refractivity contribution in [1.82, 2.24) is 29.7 Å². The summed E-state index contributed by atoms with van der Waals surface area (Å²) in [5.74, 6) is 3.02. The lowest BCUT2D eigenvalue weighted by molar-refractivity contribution is 0.341. The predicted molar refractivity (Wildman–Crippen MR) is 115 cm³/mol. The van der Waals surface area contributed by atoms with E-state index in [2.05, 4.69) is 49.5 Å². The molecule has 0 saturated carbocycles. The Bertz CT molecular complexity index is 932. The number of benzene rings is 1. The largest absolute Gasteiger partial charge is 0.492 e. The summed E-state index contributed by atoms with van der Waals surface area (Å²) in [5.41, 5.74) is 1.12. The maximum absolute atomic E-state index is 5.81. The van der Waals surface area contributed by atoms with E-state index in [0.29, 0.717) is 29.6 Å². The number of thioether (sulfide) groups is 1. The smallest absolute Gasteiger partial charge is 0.258 e. The minimum absolute atomic E-state index is 0.255. The predicted octanol–water partition coefficient (Wildman–Crippen LogP) is 3.18. The van der Waals surface area contributed by atoms with Gasteiger partial charge in [0.05, 0.1) is 6.61 Å². The van der Waals surface area contributed by atoms with E-state index in [0.717, 1.165) is 23.5 Å². The molecule has 0 radical (unpaired) electrons. The van der Waals surface area contributed by atoms with Crippen LogP contribution in [0, 0.1) is 6.92 Å². The van der Waals surface area contributed by atoms with Gasteiger partial charge in [0.1, 0.15) is 12.1 Å². The first kappa shape index (κ1) is 20.8. The molecule has 0 spiro atoms. The maximum atomic E-state index is 5.81. The molecule has 3 rings (SSSR count). The second-order valence-corrected chi connectivity index (χ2v) is 7.48. The highest BCUT2D eigenvalue weighted by Gasteiger charge is 2.11. The minimum atomic E-state index is 0.255. The van der Waals surface area contributed by atoms with Crippen LogP contribution in [-0.4, -0.2) is 55.2 Å². The Labute approximate surface area is 174 Å². The van der Waals surface area contributed by atoms with Gasteiger partial charge in [-0.25, -0.2) is 4.98 Å². The zero-order chi connectivity index (χ0) is 20.6. The van der Waals surface area contributed by atoms with Crippen LogP contribution in [0.1, 0.15) is 25.8 Å². The van der Waals surface area contributed by atoms with Crippen molar-refractivity contribution in [2.75, 3.05) is 30.0 Å². The molecular weight excluding hydrogens is 388 g/mol. The van der Waals surface area contributed by atoms with Gasteiger partial charge in [0.15, 0.2) is 0 Å². The van der Waals surface area contributed by atoms with Crippen LogP contribution in [0.3, 0.4) is 0 Å². The van der Waals surface area contributed by atoms with Crippen molar-refractivity contribution in [3.8, 4) is 11.7 Å². The summed E-state index contributed by atoms with van der Waals surface area (Å²) in [6.07, 6.45) is 2.57. The third-order valence-electron chi connectivity index (χ3n) is 4.18. The molecule has 1 aromatic carbocycles. The van der Waals surface area contributed by atoms with Crippen LogP contribution in [0.5, 0.6) is 5.75 Å². The molecule has 0 saturated heterocycles. The van der Waals surface area contributed by atoms with Crippen molar-refractivity contribution in [3.63, 3.8) is 0 Å². The van der Waals surface area contributed by atoms with E-state index < -0.39 is 0 Å². The summed E-state index contributed by atoms with van der Waals surface area (Å²) in [5, 5.41) is 11.3. The van der Waals surface area contributed by atoms with Crippen molar-refractivity contribution in [2.45, 2.75) is 38.4 Å². The van der Waals surface area contributed by atoms with Crippen molar-refractivity contribution in [3.05, 3.63) is 36.2 Å². The normalized spacial score (nSPS) is 11.9. The molecule has 9 nitrogen and oxygen atoms in total. The second kappa shape index (κ2) is 10.1. The monoisotopic (exact) mass is 414 g/mol. The highest BCUT2D eigenvalue weighted by molar-refractivity contribution is 7.99. The van der Waals surface area contributed by atoms with Gasteiger partial charge in [0, 0.05) is 18.8 Å². The lowest BCUT2D eigenvalue weighted by atomic mass is 10.2. The SMILES string of the molecule is CC[C@H](C)Nc1nc(NC)nc(-n2cnc(SCCOc3ccccc3C)n2)n1. The van der Waals surface area contributed by atoms with Gasteiger partial charge in [-0.1, -0.05) is 36.9 Å². The van der Waals surface area contributed by atoms with Crippen LogP contribution in [-0.2, 0) is 0 Å². The summed E-state index contributed by atoms with van der Waals surface area (Å²) in [6, 6.07) is 8.22. The Morgan fingerprint density at radius 2 is 1.97 bits per heavy atom. The van der Waals surface area contributed by atoms with Gasteiger partial charge >= 0.3 is 0 Å². The molecule has 10 heteroatoms. The van der Waals surface area contributed by atoms with Gasteiger partial charge in [0.25, 0.3) is 5.95 Å². The molecule has 0 bridgehead atoms. The van der Waals surface area contributed by atoms with Gasteiger partial charge in [-0.2, -0.15) is 19.6 Å². The summed E-state index contributed by atoms with van der Waals surface area (Å²) in [4.78, 5) is 17.5. The van der Waals surface area contributed by atoms with Crippen molar-refractivity contribution in [2.24, 2.45) is 0 Å². The van der Waals surface area contributed by atoms with E-state index >= 15 is 0 Å². The third-order valence-corrected chi connectivity index (χ3v) is 4.99. The van der Waals surface area contributed by atoms with Gasteiger partial charge in [-0.05, 0) is 31.9 Å². The topological polar surface area (TPSA) is 103 Å². The zero-order valence-corrected chi connectivity index (χ0v) is 17.9. The van der Waals surface area contributed by atoms with E-state index in [1.165, 1.54) is 11.8 Å². The molecule has 2 N–H and O–H groups in total. The lowest BCUT2D eigenvalue weighted by Gasteiger charge is -2.12.